The first kappa shape index (κ1) is 18.7. The SMILES string of the molecule is COc1ccc(CN(C(=O)[C@@H](C)Oc2ccc(F)cc2Br)C2CC2)cc1. The summed E-state index contributed by atoms with van der Waals surface area (Å²) in [7, 11) is 1.63. The molecule has 1 aliphatic rings. The Morgan fingerprint density at radius 1 is 1.27 bits per heavy atom. The summed E-state index contributed by atoms with van der Waals surface area (Å²) in [4.78, 5) is 14.8. The standard InChI is InChI=1S/C20H21BrFNO3/c1-13(26-19-10-5-15(22)11-18(19)21)20(24)23(16-6-7-16)12-14-3-8-17(25-2)9-4-14/h3-5,8-11,13,16H,6-7,12H2,1-2H3/t13-/m1/s1. The van der Waals surface area contributed by atoms with Crippen LogP contribution in [0.3, 0.4) is 0 Å². The summed E-state index contributed by atoms with van der Waals surface area (Å²) in [5.74, 6) is 0.810. The maximum Gasteiger partial charge on any atom is 0.263 e. The fourth-order valence-corrected chi connectivity index (χ4v) is 3.19. The van der Waals surface area contributed by atoms with E-state index in [1.54, 1.807) is 14.0 Å². The summed E-state index contributed by atoms with van der Waals surface area (Å²) in [6.07, 6.45) is 1.36. The Bertz CT molecular complexity index is 777. The number of hydrogen-bond acceptors (Lipinski definition) is 3. The molecular formula is C20H21BrFNO3. The van der Waals surface area contributed by atoms with Crippen LogP contribution >= 0.6 is 15.9 Å². The van der Waals surface area contributed by atoms with Crippen LogP contribution in [0.15, 0.2) is 46.9 Å². The molecule has 2 aromatic rings. The Kier molecular flexibility index (Phi) is 5.81. The Hall–Kier alpha value is -2.08. The third-order valence-electron chi connectivity index (χ3n) is 4.33. The summed E-state index contributed by atoms with van der Waals surface area (Å²) in [6.45, 7) is 2.26. The quantitative estimate of drug-likeness (QED) is 0.657. The molecule has 0 aromatic heterocycles. The Balaban J connectivity index is 1.69. The molecule has 3 rings (SSSR count). The van der Waals surface area contributed by atoms with Crippen molar-refractivity contribution in [2.45, 2.75) is 38.5 Å². The van der Waals surface area contributed by atoms with Crippen molar-refractivity contribution in [3.05, 3.63) is 58.3 Å². The topological polar surface area (TPSA) is 38.8 Å². The van der Waals surface area contributed by atoms with Gasteiger partial charge in [0.15, 0.2) is 6.10 Å². The fourth-order valence-electron chi connectivity index (χ4n) is 2.75. The van der Waals surface area contributed by atoms with Gasteiger partial charge in [-0.15, -0.1) is 0 Å². The number of ether oxygens (including phenoxy) is 2. The first-order chi connectivity index (χ1) is 12.5. The summed E-state index contributed by atoms with van der Waals surface area (Å²) in [5, 5.41) is 0. The molecule has 1 fully saturated rings. The highest BCUT2D eigenvalue weighted by Gasteiger charge is 2.35. The van der Waals surface area contributed by atoms with E-state index >= 15 is 0 Å². The molecule has 26 heavy (non-hydrogen) atoms. The number of carbonyl (C=O) groups excluding carboxylic acids is 1. The lowest BCUT2D eigenvalue weighted by molar-refractivity contribution is -0.139. The minimum Gasteiger partial charge on any atom is -0.497 e. The molecule has 0 N–H and O–H groups in total. The molecule has 0 unspecified atom stereocenters. The third kappa shape index (κ3) is 4.55. The van der Waals surface area contributed by atoms with Crippen LogP contribution in [0.1, 0.15) is 25.3 Å². The Labute approximate surface area is 161 Å². The molecule has 0 spiro atoms. The van der Waals surface area contributed by atoms with Gasteiger partial charge in [-0.1, -0.05) is 12.1 Å². The highest BCUT2D eigenvalue weighted by molar-refractivity contribution is 9.10. The first-order valence-corrected chi connectivity index (χ1v) is 9.32. The van der Waals surface area contributed by atoms with E-state index in [0.29, 0.717) is 16.8 Å². The largest absolute Gasteiger partial charge is 0.497 e. The number of amides is 1. The van der Waals surface area contributed by atoms with E-state index in [1.807, 2.05) is 29.2 Å². The minimum absolute atomic E-state index is 0.0699. The summed E-state index contributed by atoms with van der Waals surface area (Å²) >= 11 is 3.27. The molecular weight excluding hydrogens is 401 g/mol. The van der Waals surface area contributed by atoms with Gasteiger partial charge >= 0.3 is 0 Å². The van der Waals surface area contributed by atoms with Gasteiger partial charge in [0.05, 0.1) is 11.6 Å². The predicted molar refractivity (Wildman–Crippen MR) is 101 cm³/mol. The zero-order chi connectivity index (χ0) is 18.7. The van der Waals surface area contributed by atoms with Gasteiger partial charge in [-0.2, -0.15) is 0 Å². The van der Waals surface area contributed by atoms with Gasteiger partial charge in [-0.3, -0.25) is 4.79 Å². The van der Waals surface area contributed by atoms with E-state index in [1.165, 1.54) is 18.2 Å². The molecule has 0 aliphatic heterocycles. The van der Waals surface area contributed by atoms with Gasteiger partial charge in [0.25, 0.3) is 5.91 Å². The molecule has 4 nitrogen and oxygen atoms in total. The average Bonchev–Trinajstić information content (AvgIpc) is 3.47. The van der Waals surface area contributed by atoms with E-state index in [9.17, 15) is 9.18 Å². The van der Waals surface area contributed by atoms with Crippen molar-refractivity contribution in [3.63, 3.8) is 0 Å². The summed E-state index contributed by atoms with van der Waals surface area (Å²) < 4.78 is 24.6. The lowest BCUT2D eigenvalue weighted by Crippen LogP contribution is -2.41. The van der Waals surface area contributed by atoms with Crippen molar-refractivity contribution >= 4 is 21.8 Å². The van der Waals surface area contributed by atoms with Crippen molar-refractivity contribution in [2.75, 3.05) is 7.11 Å². The predicted octanol–water partition coefficient (Wildman–Crippen LogP) is 4.56. The van der Waals surface area contributed by atoms with Gasteiger partial charge in [0.2, 0.25) is 0 Å². The van der Waals surface area contributed by atoms with Crippen molar-refractivity contribution in [1.82, 2.24) is 4.90 Å². The van der Waals surface area contributed by atoms with Crippen LogP contribution in [-0.4, -0.2) is 30.1 Å². The number of halogens is 2. The smallest absolute Gasteiger partial charge is 0.263 e. The second kappa shape index (κ2) is 8.08. The van der Waals surface area contributed by atoms with Crippen LogP contribution < -0.4 is 9.47 Å². The maximum absolute atomic E-state index is 13.2. The minimum atomic E-state index is -0.657. The number of rotatable bonds is 7. The van der Waals surface area contributed by atoms with Crippen LogP contribution in [0.2, 0.25) is 0 Å². The lowest BCUT2D eigenvalue weighted by atomic mass is 10.2. The lowest BCUT2D eigenvalue weighted by Gasteiger charge is -2.26. The molecule has 2 aromatic carbocycles. The summed E-state index contributed by atoms with van der Waals surface area (Å²) in [6, 6.07) is 12.1. The van der Waals surface area contributed by atoms with Crippen molar-refractivity contribution in [1.29, 1.82) is 0 Å². The number of carbonyl (C=O) groups is 1. The second-order valence-corrected chi connectivity index (χ2v) is 7.23. The van der Waals surface area contributed by atoms with Crippen molar-refractivity contribution in [3.8, 4) is 11.5 Å². The average molecular weight is 422 g/mol. The third-order valence-corrected chi connectivity index (χ3v) is 4.95. The molecule has 1 atom stereocenters. The van der Waals surface area contributed by atoms with Crippen LogP contribution in [0.25, 0.3) is 0 Å². The molecule has 1 amide bonds. The van der Waals surface area contributed by atoms with E-state index in [2.05, 4.69) is 15.9 Å². The molecule has 0 radical (unpaired) electrons. The molecule has 0 bridgehead atoms. The first-order valence-electron chi connectivity index (χ1n) is 8.53. The van der Waals surface area contributed by atoms with E-state index in [4.69, 9.17) is 9.47 Å². The van der Waals surface area contributed by atoms with Gasteiger partial charge < -0.3 is 14.4 Å². The normalized spacial score (nSPS) is 14.6. The molecule has 1 aliphatic carbocycles. The highest BCUT2D eigenvalue weighted by atomic mass is 79.9. The Morgan fingerprint density at radius 2 is 1.96 bits per heavy atom. The number of benzene rings is 2. The maximum atomic E-state index is 13.2. The zero-order valence-corrected chi connectivity index (χ0v) is 16.3. The summed E-state index contributed by atoms with van der Waals surface area (Å²) in [5.41, 5.74) is 1.04. The van der Waals surface area contributed by atoms with Gasteiger partial charge in [0, 0.05) is 12.6 Å². The molecule has 0 saturated heterocycles. The van der Waals surface area contributed by atoms with Gasteiger partial charge in [-0.05, 0) is 71.6 Å². The fraction of sp³-hybridized carbons (Fsp3) is 0.350. The number of nitrogens with zero attached hydrogens (tertiary/aromatic N) is 1. The second-order valence-electron chi connectivity index (χ2n) is 6.38. The van der Waals surface area contributed by atoms with E-state index in [0.717, 1.165) is 24.2 Å². The highest BCUT2D eigenvalue weighted by Crippen LogP contribution is 2.31. The van der Waals surface area contributed by atoms with Crippen molar-refractivity contribution < 1.29 is 18.7 Å². The van der Waals surface area contributed by atoms with Crippen LogP contribution in [0, 0.1) is 5.82 Å². The molecule has 6 heteroatoms. The Morgan fingerprint density at radius 3 is 2.54 bits per heavy atom. The van der Waals surface area contributed by atoms with Crippen LogP contribution in [0.4, 0.5) is 4.39 Å². The van der Waals surface area contributed by atoms with Crippen LogP contribution in [-0.2, 0) is 11.3 Å². The zero-order valence-electron chi connectivity index (χ0n) is 14.7. The molecule has 1 saturated carbocycles. The van der Waals surface area contributed by atoms with Gasteiger partial charge in [0.1, 0.15) is 17.3 Å². The van der Waals surface area contributed by atoms with Gasteiger partial charge in [-0.25, -0.2) is 4.39 Å². The van der Waals surface area contributed by atoms with E-state index < -0.39 is 6.10 Å². The molecule has 138 valence electrons. The van der Waals surface area contributed by atoms with Crippen molar-refractivity contribution in [2.24, 2.45) is 0 Å². The molecule has 0 heterocycles. The number of hydrogen-bond donors (Lipinski definition) is 0. The number of methoxy groups -OCH3 is 1. The van der Waals surface area contributed by atoms with E-state index in [-0.39, 0.29) is 17.8 Å². The monoisotopic (exact) mass is 421 g/mol. The van der Waals surface area contributed by atoms with Crippen LogP contribution in [0.5, 0.6) is 11.5 Å².